The number of benzene rings is 5. The Morgan fingerprint density at radius 3 is 1.22 bits per heavy atom. The first-order chi connectivity index (χ1) is 52.5. The number of fused-ring (bicyclic) bond motifs is 7. The Morgan fingerprint density at radius 1 is 0.491 bits per heavy atom. The molecule has 32 nitrogen and oxygen atoms in total. The molecule has 576 valence electrons. The SMILES string of the molecule is CC(=O)OCC(=O)Nc1ccc2c(c1)CC(=O)N2.Cc1c(/C=C2\C(=O)Nc3ccc(NC(=O)CO)cc32)[nH]c2c1C(=O)N(CCN(C)C)CCC2.Cc1c(/C=C2\C(=O)Nc3ccc(NC(=O)CO)cc32)[nH]c2c1C(=O)N(CCN(C)C)CCC2.Nc1ccc2c(c1)CC(=O)N2.O=C(CO)Nc1ccc2c(c1)CC(=O)N2. The summed E-state index contributed by atoms with van der Waals surface area (Å²) in [6.07, 6.45) is 7.91. The molecular formula is C78H88N16O16. The van der Waals surface area contributed by atoms with Gasteiger partial charge in [0.1, 0.15) is 19.8 Å². The average molecular weight is 1510 g/mol. The number of hydrogen-bond acceptors (Lipinski definition) is 19. The minimum atomic E-state index is -0.621. The molecule has 14 rings (SSSR count). The van der Waals surface area contributed by atoms with Crippen LogP contribution in [0.25, 0.3) is 23.3 Å². The van der Waals surface area contributed by atoms with Crippen LogP contribution in [0.3, 0.4) is 0 Å². The molecule has 0 aliphatic carbocycles. The highest BCUT2D eigenvalue weighted by Crippen LogP contribution is 2.39. The van der Waals surface area contributed by atoms with Crippen molar-refractivity contribution in [1.29, 1.82) is 0 Å². The first kappa shape index (κ1) is 79.9. The topological polar surface area (TPSA) is 454 Å². The largest absolute Gasteiger partial charge is 0.456 e. The normalized spacial score (nSPS) is 15.3. The highest BCUT2D eigenvalue weighted by Gasteiger charge is 2.33. The molecule has 7 aliphatic rings. The minimum Gasteiger partial charge on any atom is -0.456 e. The van der Waals surface area contributed by atoms with Crippen molar-refractivity contribution in [3.05, 3.63) is 164 Å². The summed E-state index contributed by atoms with van der Waals surface area (Å²) in [5, 5.41) is 50.6. The van der Waals surface area contributed by atoms with Gasteiger partial charge in [0, 0.05) is 137 Å². The number of hydrogen-bond donors (Lipinski definition) is 15. The summed E-state index contributed by atoms with van der Waals surface area (Å²) in [6.45, 7) is 7.33. The summed E-state index contributed by atoms with van der Waals surface area (Å²) in [7, 11) is 7.96. The number of ether oxygens (including phenoxy) is 1. The maximum Gasteiger partial charge on any atom is 0.303 e. The van der Waals surface area contributed by atoms with Crippen LogP contribution < -0.4 is 53.6 Å². The smallest absolute Gasteiger partial charge is 0.303 e. The molecule has 110 heavy (non-hydrogen) atoms. The lowest BCUT2D eigenvalue weighted by Gasteiger charge is -2.23. The van der Waals surface area contributed by atoms with Crippen molar-refractivity contribution in [3.8, 4) is 0 Å². The zero-order valence-corrected chi connectivity index (χ0v) is 61.9. The van der Waals surface area contributed by atoms with E-state index in [9.17, 15) is 57.5 Å². The molecule has 0 atom stereocenters. The van der Waals surface area contributed by atoms with E-state index >= 15 is 0 Å². The molecule has 9 heterocycles. The number of nitrogens with two attached hydrogens (primary N) is 1. The van der Waals surface area contributed by atoms with Gasteiger partial charge in [-0.15, -0.1) is 0 Å². The Morgan fingerprint density at radius 2 is 0.845 bits per heavy atom. The van der Waals surface area contributed by atoms with Crippen LogP contribution >= 0.6 is 0 Å². The number of H-pyrrole nitrogens is 2. The molecule has 0 saturated carbocycles. The number of aryl methyl sites for hydroxylation is 2. The lowest BCUT2D eigenvalue weighted by Crippen LogP contribution is -2.36. The summed E-state index contributed by atoms with van der Waals surface area (Å²) in [5.41, 5.74) is 23.3. The Balaban J connectivity index is 0.000000155. The first-order valence-corrected chi connectivity index (χ1v) is 35.4. The van der Waals surface area contributed by atoms with Crippen LogP contribution in [0.4, 0.5) is 56.9 Å². The number of aromatic nitrogens is 2. The van der Waals surface area contributed by atoms with Crippen molar-refractivity contribution in [2.45, 2.75) is 65.7 Å². The maximum absolute atomic E-state index is 13.3. The van der Waals surface area contributed by atoms with Gasteiger partial charge in [0.05, 0.1) is 41.5 Å². The van der Waals surface area contributed by atoms with Gasteiger partial charge in [0.2, 0.25) is 35.4 Å². The van der Waals surface area contributed by atoms with Crippen LogP contribution in [0.15, 0.2) is 91.0 Å². The number of amides is 11. The van der Waals surface area contributed by atoms with E-state index in [1.165, 1.54) is 6.92 Å². The second-order valence-electron chi connectivity index (χ2n) is 27.3. The molecule has 0 spiro atoms. The molecule has 2 aromatic heterocycles. The second-order valence-corrected chi connectivity index (χ2v) is 27.3. The molecule has 5 aromatic carbocycles. The third-order valence-corrected chi connectivity index (χ3v) is 18.4. The summed E-state index contributed by atoms with van der Waals surface area (Å²) >= 11 is 0. The van der Waals surface area contributed by atoms with Crippen LogP contribution in [-0.2, 0) is 84.8 Å². The fraction of sp³-hybridized carbons (Fsp3) is 0.308. The van der Waals surface area contributed by atoms with Gasteiger partial charge in [-0.2, -0.15) is 0 Å². The Kier molecular flexibility index (Phi) is 26.1. The number of nitrogen functional groups attached to an aromatic ring is 1. The molecule has 0 unspecified atom stereocenters. The number of nitrogens with one attached hydrogen (secondary N) is 11. The number of aliphatic hydroxyl groups is 3. The number of esters is 1. The highest BCUT2D eigenvalue weighted by molar-refractivity contribution is 6.36. The van der Waals surface area contributed by atoms with Crippen LogP contribution in [0, 0.1) is 13.8 Å². The van der Waals surface area contributed by atoms with Crippen LogP contribution in [0.1, 0.15) is 102 Å². The van der Waals surface area contributed by atoms with E-state index in [1.54, 1.807) is 91.0 Å². The average Bonchev–Trinajstić information content (AvgIpc) is 1.62. The lowest BCUT2D eigenvalue weighted by atomic mass is 10.0. The van der Waals surface area contributed by atoms with E-state index in [2.05, 4.69) is 72.4 Å². The molecule has 16 N–H and O–H groups in total. The van der Waals surface area contributed by atoms with Crippen LogP contribution in [0.5, 0.6) is 0 Å². The number of carbonyl (C=O) groups excluding carboxylic acids is 12. The van der Waals surface area contributed by atoms with E-state index < -0.39 is 49.4 Å². The molecule has 0 fully saturated rings. The Hall–Kier alpha value is -12.6. The maximum atomic E-state index is 13.3. The molecule has 7 aromatic rings. The van der Waals surface area contributed by atoms with Gasteiger partial charge < -0.3 is 103 Å². The van der Waals surface area contributed by atoms with Crippen molar-refractivity contribution in [2.24, 2.45) is 0 Å². The highest BCUT2D eigenvalue weighted by atomic mass is 16.5. The molecule has 32 heteroatoms. The number of aromatic amines is 2. The fourth-order valence-electron chi connectivity index (χ4n) is 13.0. The zero-order valence-electron chi connectivity index (χ0n) is 61.9. The van der Waals surface area contributed by atoms with Crippen molar-refractivity contribution < 1.29 is 77.6 Å². The molecule has 11 amide bonds. The van der Waals surface area contributed by atoms with Crippen molar-refractivity contribution >= 4 is 151 Å². The molecule has 7 aliphatic heterocycles. The number of aliphatic hydroxyl groups excluding tert-OH is 3. The second kappa shape index (κ2) is 35.9. The van der Waals surface area contributed by atoms with Gasteiger partial charge in [-0.25, -0.2) is 0 Å². The van der Waals surface area contributed by atoms with E-state index in [4.69, 9.17) is 21.1 Å². The number of likely N-dealkylation sites (N-methyl/N-ethyl adjacent to an activating group) is 2. The number of anilines is 10. The first-order valence-electron chi connectivity index (χ1n) is 35.4. The molecule has 0 saturated heterocycles. The number of carbonyl (C=O) groups is 12. The van der Waals surface area contributed by atoms with Gasteiger partial charge in [-0.3, -0.25) is 57.5 Å². The van der Waals surface area contributed by atoms with E-state index in [-0.39, 0.29) is 48.0 Å². The summed E-state index contributed by atoms with van der Waals surface area (Å²) in [5.74, 6) is -2.96. The minimum absolute atomic E-state index is 0.0213. The quantitative estimate of drug-likeness (QED) is 0.0326. The summed E-state index contributed by atoms with van der Waals surface area (Å²) in [4.78, 5) is 156. The lowest BCUT2D eigenvalue weighted by molar-refractivity contribution is -0.145. The molecule has 0 radical (unpaired) electrons. The van der Waals surface area contributed by atoms with Crippen molar-refractivity contribution in [2.75, 3.05) is 147 Å². The monoisotopic (exact) mass is 1500 g/mol. The van der Waals surface area contributed by atoms with Crippen molar-refractivity contribution in [1.82, 2.24) is 29.6 Å². The zero-order chi connectivity index (χ0) is 79.2. The number of rotatable bonds is 17. The van der Waals surface area contributed by atoms with E-state index in [1.807, 2.05) is 64.0 Å². The van der Waals surface area contributed by atoms with E-state index in [0.29, 0.717) is 106 Å². The summed E-state index contributed by atoms with van der Waals surface area (Å²) < 4.78 is 4.57. The van der Waals surface area contributed by atoms with E-state index in [0.717, 1.165) is 120 Å². The predicted octanol–water partition coefficient (Wildman–Crippen LogP) is 4.95. The third kappa shape index (κ3) is 20.1. The number of nitrogens with zero attached hydrogens (tertiary/aromatic N) is 4. The fourth-order valence-corrected chi connectivity index (χ4v) is 13.0. The van der Waals surface area contributed by atoms with Gasteiger partial charge in [-0.05, 0) is 199 Å². The van der Waals surface area contributed by atoms with Crippen LogP contribution in [0.2, 0.25) is 0 Å². The Labute approximate surface area is 632 Å². The Bertz CT molecular complexity index is 4720. The molecule has 0 bridgehead atoms. The van der Waals surface area contributed by atoms with Crippen LogP contribution in [-0.4, -0.2) is 210 Å². The standard InChI is InChI=1S/2C24H29N5O4.C12H12N2O4.C10H10N2O3.C8H8N2O/c2*1-14-20(26-19-5-4-8-29(10-9-28(2)3)24(33)22(14)19)12-17-16-11-15(25-21(31)13-30)6-7-18(16)27-23(17)32;1-7(15)18-6-12(17)13-9-2-3-10-8(4-9)5-11(16)14-10;13-5-10(15)11-7-1-2-8-6(3-7)4-9(14)12-8;9-6-1-2-7-5(3-6)4-8(11)10-7/h2*6-7,11-12,26,30H,4-5,8-10,13H2,1-3H3,(H,25,31)(H,27,32);2-4H,5-6H2,1H3,(H,13,17)(H,14,16);1-3,13H,4-5H2,(H,11,15)(H,12,14);1-3H,4,9H2,(H,10,11)/b2*17-12-;;;. The molecular weight excluding hydrogens is 1420 g/mol. The van der Waals surface area contributed by atoms with Gasteiger partial charge in [0.15, 0.2) is 6.61 Å². The van der Waals surface area contributed by atoms with Gasteiger partial charge in [0.25, 0.3) is 29.5 Å². The van der Waals surface area contributed by atoms with Gasteiger partial charge in [-0.1, -0.05) is 0 Å². The summed E-state index contributed by atoms with van der Waals surface area (Å²) in [6, 6.07) is 25.8. The third-order valence-electron chi connectivity index (χ3n) is 18.4. The predicted molar refractivity (Wildman–Crippen MR) is 416 cm³/mol. The van der Waals surface area contributed by atoms with Crippen molar-refractivity contribution in [3.63, 3.8) is 0 Å². The van der Waals surface area contributed by atoms with Gasteiger partial charge >= 0.3 is 5.97 Å².